The van der Waals surface area contributed by atoms with Gasteiger partial charge in [0.15, 0.2) is 0 Å². The SMILES string of the molecule is N[C@@H]1CCCC[C@H]1n1cncc1C1CCCCC1. The number of nitrogens with two attached hydrogens (primary N) is 1. The number of imidazole rings is 1. The number of nitrogens with zero attached hydrogens (tertiary/aromatic N) is 2. The van der Waals surface area contributed by atoms with Crippen molar-refractivity contribution in [2.75, 3.05) is 0 Å². The molecule has 2 aliphatic carbocycles. The summed E-state index contributed by atoms with van der Waals surface area (Å²) >= 11 is 0. The maximum absolute atomic E-state index is 6.32. The first-order valence-corrected chi connectivity index (χ1v) is 7.63. The molecule has 3 heteroatoms. The zero-order valence-electron chi connectivity index (χ0n) is 11.2. The Hall–Kier alpha value is -0.830. The first-order valence-electron chi connectivity index (χ1n) is 7.63. The third-order valence-corrected chi connectivity index (χ3v) is 4.86. The van der Waals surface area contributed by atoms with Gasteiger partial charge in [-0.05, 0) is 25.7 Å². The highest BCUT2D eigenvalue weighted by Crippen LogP contribution is 2.36. The number of aromatic nitrogens is 2. The molecule has 1 aromatic heterocycles. The molecule has 2 saturated carbocycles. The van der Waals surface area contributed by atoms with E-state index in [2.05, 4.69) is 15.7 Å². The first kappa shape index (κ1) is 12.2. The van der Waals surface area contributed by atoms with Crippen LogP contribution < -0.4 is 5.73 Å². The Labute approximate surface area is 110 Å². The van der Waals surface area contributed by atoms with Gasteiger partial charge in [-0.15, -0.1) is 0 Å². The molecule has 0 aromatic carbocycles. The molecule has 0 spiro atoms. The van der Waals surface area contributed by atoms with Crippen LogP contribution in [0.2, 0.25) is 0 Å². The maximum atomic E-state index is 6.32. The van der Waals surface area contributed by atoms with Gasteiger partial charge in [-0.1, -0.05) is 32.1 Å². The smallest absolute Gasteiger partial charge is 0.0951 e. The van der Waals surface area contributed by atoms with E-state index in [0.717, 1.165) is 5.92 Å². The predicted molar refractivity (Wildman–Crippen MR) is 73.5 cm³/mol. The largest absolute Gasteiger partial charge is 0.330 e. The normalized spacial score (nSPS) is 30.5. The summed E-state index contributed by atoms with van der Waals surface area (Å²) < 4.78 is 2.42. The Bertz CT molecular complexity index is 379. The lowest BCUT2D eigenvalue weighted by atomic mass is 9.85. The molecule has 0 aliphatic heterocycles. The highest BCUT2D eigenvalue weighted by Gasteiger charge is 2.27. The number of rotatable bonds is 2. The van der Waals surface area contributed by atoms with Gasteiger partial charge in [-0.2, -0.15) is 0 Å². The minimum absolute atomic E-state index is 0.329. The average Bonchev–Trinajstić information content (AvgIpc) is 2.89. The van der Waals surface area contributed by atoms with Gasteiger partial charge in [-0.3, -0.25) is 0 Å². The summed E-state index contributed by atoms with van der Waals surface area (Å²) in [4.78, 5) is 4.41. The second-order valence-corrected chi connectivity index (χ2v) is 6.08. The molecule has 2 atom stereocenters. The van der Waals surface area contributed by atoms with E-state index in [9.17, 15) is 0 Å². The second-order valence-electron chi connectivity index (χ2n) is 6.08. The van der Waals surface area contributed by atoms with Crippen LogP contribution in [0.5, 0.6) is 0 Å². The standard InChI is InChI=1S/C15H25N3/c16-13-8-4-5-9-14(13)18-11-17-10-15(18)12-6-2-1-3-7-12/h10-14H,1-9,16H2/t13-,14-/m1/s1. The summed E-state index contributed by atoms with van der Waals surface area (Å²) in [6, 6.07) is 0.827. The van der Waals surface area contributed by atoms with Crippen LogP contribution in [0.3, 0.4) is 0 Å². The van der Waals surface area contributed by atoms with Crippen LogP contribution in [0.1, 0.15) is 75.4 Å². The van der Waals surface area contributed by atoms with Crippen molar-refractivity contribution in [2.45, 2.75) is 75.8 Å². The summed E-state index contributed by atoms with van der Waals surface area (Å²) in [5, 5.41) is 0. The fraction of sp³-hybridized carbons (Fsp3) is 0.800. The van der Waals surface area contributed by atoms with Crippen LogP contribution >= 0.6 is 0 Å². The quantitative estimate of drug-likeness (QED) is 0.870. The molecule has 2 aliphatic rings. The van der Waals surface area contributed by atoms with E-state index >= 15 is 0 Å². The summed E-state index contributed by atoms with van der Waals surface area (Å²) in [6.07, 6.45) is 16.0. The molecule has 0 saturated heterocycles. The van der Waals surface area contributed by atoms with Crippen LogP contribution in [0.15, 0.2) is 12.5 Å². The van der Waals surface area contributed by atoms with E-state index in [4.69, 9.17) is 5.73 Å². The fourth-order valence-electron chi connectivity index (χ4n) is 3.79. The molecule has 100 valence electrons. The molecular weight excluding hydrogens is 222 g/mol. The molecule has 0 radical (unpaired) electrons. The van der Waals surface area contributed by atoms with E-state index in [1.807, 2.05) is 6.33 Å². The van der Waals surface area contributed by atoms with Gasteiger partial charge in [0.25, 0.3) is 0 Å². The van der Waals surface area contributed by atoms with Gasteiger partial charge >= 0.3 is 0 Å². The minimum atomic E-state index is 0.329. The summed E-state index contributed by atoms with van der Waals surface area (Å²) in [5.41, 5.74) is 7.78. The molecule has 0 amide bonds. The molecule has 3 rings (SSSR count). The Morgan fingerprint density at radius 3 is 2.50 bits per heavy atom. The molecule has 3 nitrogen and oxygen atoms in total. The van der Waals surface area contributed by atoms with E-state index in [1.54, 1.807) is 0 Å². The van der Waals surface area contributed by atoms with Crippen molar-refractivity contribution in [3.05, 3.63) is 18.2 Å². The summed E-state index contributed by atoms with van der Waals surface area (Å²) in [7, 11) is 0. The van der Waals surface area contributed by atoms with Crippen molar-refractivity contribution >= 4 is 0 Å². The number of hydrogen-bond acceptors (Lipinski definition) is 2. The Morgan fingerprint density at radius 1 is 1.00 bits per heavy atom. The second kappa shape index (κ2) is 5.43. The van der Waals surface area contributed by atoms with E-state index in [-0.39, 0.29) is 0 Å². The van der Waals surface area contributed by atoms with Crippen LogP contribution in [-0.4, -0.2) is 15.6 Å². The van der Waals surface area contributed by atoms with Gasteiger partial charge in [0.2, 0.25) is 0 Å². The predicted octanol–water partition coefficient (Wildman–Crippen LogP) is 3.37. The van der Waals surface area contributed by atoms with Crippen molar-refractivity contribution in [3.8, 4) is 0 Å². The Morgan fingerprint density at radius 2 is 1.72 bits per heavy atom. The van der Waals surface area contributed by atoms with Gasteiger partial charge in [0.1, 0.15) is 0 Å². The van der Waals surface area contributed by atoms with Crippen molar-refractivity contribution in [3.63, 3.8) is 0 Å². The van der Waals surface area contributed by atoms with Crippen LogP contribution in [0.25, 0.3) is 0 Å². The van der Waals surface area contributed by atoms with Gasteiger partial charge < -0.3 is 10.3 Å². The van der Waals surface area contributed by atoms with Crippen molar-refractivity contribution in [1.82, 2.24) is 9.55 Å². The molecule has 2 fully saturated rings. The summed E-state index contributed by atoms with van der Waals surface area (Å²) in [6.45, 7) is 0. The van der Waals surface area contributed by atoms with Gasteiger partial charge in [0, 0.05) is 29.9 Å². The molecule has 1 heterocycles. The lowest BCUT2D eigenvalue weighted by Gasteiger charge is -2.33. The lowest BCUT2D eigenvalue weighted by Crippen LogP contribution is -2.35. The maximum Gasteiger partial charge on any atom is 0.0951 e. The molecule has 0 bridgehead atoms. The highest BCUT2D eigenvalue weighted by molar-refractivity contribution is 5.10. The molecule has 1 aromatic rings. The van der Waals surface area contributed by atoms with E-state index in [0.29, 0.717) is 12.1 Å². The first-order chi connectivity index (χ1) is 8.86. The molecular formula is C15H25N3. The number of hydrogen-bond donors (Lipinski definition) is 1. The van der Waals surface area contributed by atoms with Crippen LogP contribution in [-0.2, 0) is 0 Å². The lowest BCUT2D eigenvalue weighted by molar-refractivity contribution is 0.291. The zero-order valence-corrected chi connectivity index (χ0v) is 11.2. The van der Waals surface area contributed by atoms with Crippen LogP contribution in [0.4, 0.5) is 0 Å². The summed E-state index contributed by atoms with van der Waals surface area (Å²) in [5.74, 6) is 0.732. The molecule has 0 unspecified atom stereocenters. The van der Waals surface area contributed by atoms with E-state index < -0.39 is 0 Å². The van der Waals surface area contributed by atoms with E-state index in [1.165, 1.54) is 63.5 Å². The minimum Gasteiger partial charge on any atom is -0.330 e. The monoisotopic (exact) mass is 247 g/mol. The third-order valence-electron chi connectivity index (χ3n) is 4.86. The van der Waals surface area contributed by atoms with Crippen molar-refractivity contribution in [1.29, 1.82) is 0 Å². The van der Waals surface area contributed by atoms with Crippen LogP contribution in [0, 0.1) is 0 Å². The van der Waals surface area contributed by atoms with Crippen molar-refractivity contribution in [2.24, 2.45) is 5.73 Å². The Kier molecular flexibility index (Phi) is 3.69. The van der Waals surface area contributed by atoms with Gasteiger partial charge in [-0.25, -0.2) is 4.98 Å². The molecule has 18 heavy (non-hydrogen) atoms. The zero-order chi connectivity index (χ0) is 12.4. The average molecular weight is 247 g/mol. The fourth-order valence-corrected chi connectivity index (χ4v) is 3.79. The Balaban J connectivity index is 1.81. The van der Waals surface area contributed by atoms with Gasteiger partial charge in [0.05, 0.1) is 6.33 Å². The highest BCUT2D eigenvalue weighted by atomic mass is 15.1. The topological polar surface area (TPSA) is 43.8 Å². The third kappa shape index (κ3) is 2.33. The molecule has 2 N–H and O–H groups in total. The van der Waals surface area contributed by atoms with Crippen molar-refractivity contribution < 1.29 is 0 Å².